The summed E-state index contributed by atoms with van der Waals surface area (Å²) in [7, 11) is 0. The molecule has 88 valence electrons. The fourth-order valence-corrected chi connectivity index (χ4v) is 1.65. The monoisotopic (exact) mass is 223 g/mol. The van der Waals surface area contributed by atoms with Gasteiger partial charge >= 0.3 is 0 Å². The number of rotatable bonds is 5. The minimum absolute atomic E-state index is 0.208. The summed E-state index contributed by atoms with van der Waals surface area (Å²) < 4.78 is 10.7. The fraction of sp³-hybridized carbons (Fsp3) is 0.500. The average Bonchev–Trinajstić information content (AvgIpc) is 2.77. The molecule has 4 heteroatoms. The van der Waals surface area contributed by atoms with Crippen molar-refractivity contribution in [3.63, 3.8) is 0 Å². The molecule has 1 aromatic carbocycles. The van der Waals surface area contributed by atoms with Gasteiger partial charge in [-0.1, -0.05) is 19.1 Å². The summed E-state index contributed by atoms with van der Waals surface area (Å²) >= 11 is 0. The van der Waals surface area contributed by atoms with Crippen molar-refractivity contribution in [2.24, 2.45) is 5.92 Å². The number of ether oxygens (including phenoxy) is 2. The van der Waals surface area contributed by atoms with Gasteiger partial charge in [0.1, 0.15) is 0 Å². The van der Waals surface area contributed by atoms with Crippen LogP contribution in [0.1, 0.15) is 12.5 Å². The summed E-state index contributed by atoms with van der Waals surface area (Å²) in [5.74, 6) is 1.93. The van der Waals surface area contributed by atoms with Crippen LogP contribution in [0, 0.1) is 5.92 Å². The van der Waals surface area contributed by atoms with Crippen LogP contribution in [0.5, 0.6) is 11.5 Å². The lowest BCUT2D eigenvalue weighted by Gasteiger charge is -2.10. The standard InChI is InChI=1S/C12H17NO3/c1-9(7-14)5-13-6-10-3-2-4-11-12(10)16-8-15-11/h2-4,9,13-14H,5-8H2,1H3. The molecule has 2 rings (SSSR count). The third-order valence-corrected chi connectivity index (χ3v) is 2.60. The van der Waals surface area contributed by atoms with E-state index in [1.807, 2.05) is 25.1 Å². The highest BCUT2D eigenvalue weighted by atomic mass is 16.7. The maximum Gasteiger partial charge on any atom is 0.231 e. The second-order valence-corrected chi connectivity index (χ2v) is 4.07. The fourth-order valence-electron chi connectivity index (χ4n) is 1.65. The Balaban J connectivity index is 1.92. The number of aliphatic hydroxyl groups is 1. The first kappa shape index (κ1) is 11.2. The molecule has 1 aliphatic rings. The number of aliphatic hydroxyl groups excluding tert-OH is 1. The van der Waals surface area contributed by atoms with Crippen molar-refractivity contribution in [1.29, 1.82) is 0 Å². The van der Waals surface area contributed by atoms with Gasteiger partial charge in [-0.25, -0.2) is 0 Å². The van der Waals surface area contributed by atoms with Crippen molar-refractivity contribution in [2.75, 3.05) is 19.9 Å². The predicted octanol–water partition coefficient (Wildman–Crippen LogP) is 1.13. The normalized spacial score (nSPS) is 15.1. The van der Waals surface area contributed by atoms with E-state index in [2.05, 4.69) is 5.32 Å². The number of para-hydroxylation sites is 1. The number of hydrogen-bond donors (Lipinski definition) is 2. The predicted molar refractivity (Wildman–Crippen MR) is 60.5 cm³/mol. The first-order valence-electron chi connectivity index (χ1n) is 5.50. The number of fused-ring (bicyclic) bond motifs is 1. The van der Waals surface area contributed by atoms with E-state index in [1.54, 1.807) is 0 Å². The highest BCUT2D eigenvalue weighted by Gasteiger charge is 2.16. The highest BCUT2D eigenvalue weighted by Crippen LogP contribution is 2.35. The summed E-state index contributed by atoms with van der Waals surface area (Å²) in [6, 6.07) is 5.88. The minimum Gasteiger partial charge on any atom is -0.454 e. The van der Waals surface area contributed by atoms with Gasteiger partial charge in [0.2, 0.25) is 6.79 Å². The molecule has 0 aliphatic carbocycles. The maximum atomic E-state index is 8.90. The molecule has 0 saturated carbocycles. The van der Waals surface area contributed by atoms with E-state index in [-0.39, 0.29) is 12.5 Å². The molecule has 1 unspecified atom stereocenters. The van der Waals surface area contributed by atoms with E-state index in [4.69, 9.17) is 14.6 Å². The van der Waals surface area contributed by atoms with E-state index in [0.717, 1.165) is 30.2 Å². The number of benzene rings is 1. The van der Waals surface area contributed by atoms with Crippen LogP contribution in [-0.2, 0) is 6.54 Å². The van der Waals surface area contributed by atoms with Gasteiger partial charge < -0.3 is 19.9 Å². The Labute approximate surface area is 95.2 Å². The first-order valence-corrected chi connectivity index (χ1v) is 5.50. The molecule has 0 saturated heterocycles. The van der Waals surface area contributed by atoms with Crippen LogP contribution in [-0.4, -0.2) is 25.1 Å². The molecule has 2 N–H and O–H groups in total. The maximum absolute atomic E-state index is 8.90. The van der Waals surface area contributed by atoms with Crippen LogP contribution in [0.25, 0.3) is 0 Å². The zero-order valence-corrected chi connectivity index (χ0v) is 9.40. The molecule has 1 atom stereocenters. The second kappa shape index (κ2) is 5.18. The highest BCUT2D eigenvalue weighted by molar-refractivity contribution is 5.48. The Bertz CT molecular complexity index is 354. The van der Waals surface area contributed by atoms with Crippen molar-refractivity contribution in [1.82, 2.24) is 5.32 Å². The molecule has 16 heavy (non-hydrogen) atoms. The third-order valence-electron chi connectivity index (χ3n) is 2.60. The molecular formula is C12H17NO3. The van der Waals surface area contributed by atoms with E-state index < -0.39 is 0 Å². The molecule has 0 spiro atoms. The Morgan fingerprint density at radius 1 is 1.44 bits per heavy atom. The molecule has 4 nitrogen and oxygen atoms in total. The Morgan fingerprint density at radius 3 is 3.12 bits per heavy atom. The van der Waals surface area contributed by atoms with Crippen LogP contribution in [0.4, 0.5) is 0 Å². The zero-order chi connectivity index (χ0) is 11.4. The number of nitrogens with one attached hydrogen (secondary N) is 1. The van der Waals surface area contributed by atoms with Gasteiger partial charge in [-0.05, 0) is 12.0 Å². The van der Waals surface area contributed by atoms with Gasteiger partial charge in [0, 0.05) is 25.3 Å². The van der Waals surface area contributed by atoms with Gasteiger partial charge in [-0.15, -0.1) is 0 Å². The van der Waals surface area contributed by atoms with Crippen molar-refractivity contribution < 1.29 is 14.6 Å². The van der Waals surface area contributed by atoms with Gasteiger partial charge in [0.05, 0.1) is 0 Å². The minimum atomic E-state index is 0.208. The topological polar surface area (TPSA) is 50.7 Å². The van der Waals surface area contributed by atoms with Crippen LogP contribution in [0.15, 0.2) is 18.2 Å². The molecule has 1 aliphatic heterocycles. The summed E-state index contributed by atoms with van der Waals surface area (Å²) in [6.45, 7) is 4.04. The molecular weight excluding hydrogens is 206 g/mol. The van der Waals surface area contributed by atoms with Crippen molar-refractivity contribution >= 4 is 0 Å². The first-order chi connectivity index (χ1) is 7.81. The quantitative estimate of drug-likeness (QED) is 0.785. The Morgan fingerprint density at radius 2 is 2.31 bits per heavy atom. The molecule has 1 aromatic rings. The number of hydrogen-bond acceptors (Lipinski definition) is 4. The lowest BCUT2D eigenvalue weighted by molar-refractivity contribution is 0.173. The van der Waals surface area contributed by atoms with Gasteiger partial charge in [-0.2, -0.15) is 0 Å². The lowest BCUT2D eigenvalue weighted by atomic mass is 10.1. The molecule has 0 bridgehead atoms. The van der Waals surface area contributed by atoms with Crippen LogP contribution in [0.3, 0.4) is 0 Å². The zero-order valence-electron chi connectivity index (χ0n) is 9.40. The third kappa shape index (κ3) is 2.46. The summed E-state index contributed by atoms with van der Waals surface area (Å²) in [5.41, 5.74) is 1.10. The van der Waals surface area contributed by atoms with Crippen LogP contribution in [0.2, 0.25) is 0 Å². The Kier molecular flexibility index (Phi) is 3.64. The summed E-state index contributed by atoms with van der Waals surface area (Å²) in [6.07, 6.45) is 0. The van der Waals surface area contributed by atoms with E-state index in [0.29, 0.717) is 6.79 Å². The van der Waals surface area contributed by atoms with Gasteiger partial charge in [0.15, 0.2) is 11.5 Å². The van der Waals surface area contributed by atoms with Gasteiger partial charge in [0.25, 0.3) is 0 Å². The van der Waals surface area contributed by atoms with Crippen molar-refractivity contribution in [3.05, 3.63) is 23.8 Å². The molecule has 0 amide bonds. The Hall–Kier alpha value is -1.26. The smallest absolute Gasteiger partial charge is 0.231 e. The second-order valence-electron chi connectivity index (χ2n) is 4.07. The summed E-state index contributed by atoms with van der Waals surface area (Å²) in [5, 5.41) is 12.2. The molecule has 0 radical (unpaired) electrons. The van der Waals surface area contributed by atoms with Crippen LogP contribution >= 0.6 is 0 Å². The van der Waals surface area contributed by atoms with Crippen molar-refractivity contribution in [3.8, 4) is 11.5 Å². The average molecular weight is 223 g/mol. The van der Waals surface area contributed by atoms with Crippen LogP contribution < -0.4 is 14.8 Å². The van der Waals surface area contributed by atoms with E-state index in [9.17, 15) is 0 Å². The SMILES string of the molecule is CC(CO)CNCc1cccc2c1OCO2. The molecule has 0 fully saturated rings. The van der Waals surface area contributed by atoms with Crippen molar-refractivity contribution in [2.45, 2.75) is 13.5 Å². The summed E-state index contributed by atoms with van der Waals surface area (Å²) in [4.78, 5) is 0. The largest absolute Gasteiger partial charge is 0.454 e. The molecule has 1 heterocycles. The van der Waals surface area contributed by atoms with Gasteiger partial charge in [-0.3, -0.25) is 0 Å². The molecule has 0 aromatic heterocycles. The van der Waals surface area contributed by atoms with E-state index in [1.165, 1.54) is 0 Å². The van der Waals surface area contributed by atoms with E-state index >= 15 is 0 Å². The lowest BCUT2D eigenvalue weighted by Crippen LogP contribution is -2.22.